The van der Waals surface area contributed by atoms with Gasteiger partial charge in [-0.1, -0.05) is 6.07 Å². The van der Waals surface area contributed by atoms with Crippen LogP contribution in [0.5, 0.6) is 0 Å². The van der Waals surface area contributed by atoms with Crippen LogP contribution in [0.25, 0.3) is 0 Å². The minimum absolute atomic E-state index is 0.222. The Labute approximate surface area is 118 Å². The minimum atomic E-state index is -3.85. The van der Waals surface area contributed by atoms with Crippen molar-refractivity contribution in [3.05, 3.63) is 52.5 Å². The molecule has 0 bridgehead atoms. The number of hydrogen-bond acceptors (Lipinski definition) is 3. The van der Waals surface area contributed by atoms with E-state index in [1.807, 2.05) is 6.92 Å². The van der Waals surface area contributed by atoms with Gasteiger partial charge in [-0.3, -0.25) is 9.71 Å². The zero-order valence-corrected chi connectivity index (χ0v) is 12.3. The molecule has 0 atom stereocenters. The molecule has 1 aromatic carbocycles. The van der Waals surface area contributed by atoms with Crippen LogP contribution in [-0.2, 0) is 10.0 Å². The summed E-state index contributed by atoms with van der Waals surface area (Å²) >= 11 is 3.27. The van der Waals surface area contributed by atoms with Crippen LogP contribution < -0.4 is 4.72 Å². The Bertz CT molecular complexity index is 719. The Morgan fingerprint density at radius 1 is 1.26 bits per heavy atom. The summed E-state index contributed by atoms with van der Waals surface area (Å²) in [6, 6.07) is 6.09. The van der Waals surface area contributed by atoms with E-state index < -0.39 is 15.8 Å². The molecule has 0 fully saturated rings. The topological polar surface area (TPSA) is 59.1 Å². The molecule has 0 saturated carbocycles. The second-order valence-corrected chi connectivity index (χ2v) is 6.46. The van der Waals surface area contributed by atoms with Gasteiger partial charge in [-0.05, 0) is 46.6 Å². The molecule has 0 radical (unpaired) electrons. The van der Waals surface area contributed by atoms with Gasteiger partial charge in [-0.25, -0.2) is 12.8 Å². The maximum absolute atomic E-state index is 13.0. The molecule has 4 nitrogen and oxygen atoms in total. The summed E-state index contributed by atoms with van der Waals surface area (Å²) < 4.78 is 40.1. The van der Waals surface area contributed by atoms with Gasteiger partial charge in [0.15, 0.2) is 0 Å². The van der Waals surface area contributed by atoms with E-state index in [-0.39, 0.29) is 4.90 Å². The van der Waals surface area contributed by atoms with Crippen LogP contribution in [0.1, 0.15) is 5.56 Å². The number of hydrogen-bond donors (Lipinski definition) is 1. The number of aromatic nitrogens is 1. The van der Waals surface area contributed by atoms with Crippen LogP contribution in [0, 0.1) is 12.7 Å². The molecule has 0 spiro atoms. The van der Waals surface area contributed by atoms with Gasteiger partial charge in [0.1, 0.15) is 10.7 Å². The molecule has 1 aromatic heterocycles. The van der Waals surface area contributed by atoms with E-state index in [0.717, 1.165) is 24.0 Å². The number of benzene rings is 1. The third-order valence-electron chi connectivity index (χ3n) is 2.36. The molecule has 100 valence electrons. The normalized spacial score (nSPS) is 11.3. The van der Waals surface area contributed by atoms with Gasteiger partial charge in [0.2, 0.25) is 0 Å². The van der Waals surface area contributed by atoms with Crippen molar-refractivity contribution in [2.24, 2.45) is 0 Å². The van der Waals surface area contributed by atoms with E-state index in [0.29, 0.717) is 10.2 Å². The van der Waals surface area contributed by atoms with E-state index in [1.54, 1.807) is 18.2 Å². The van der Waals surface area contributed by atoms with E-state index in [1.165, 1.54) is 0 Å². The highest BCUT2D eigenvalue weighted by atomic mass is 79.9. The maximum atomic E-state index is 13.0. The van der Waals surface area contributed by atoms with Crippen LogP contribution in [0.3, 0.4) is 0 Å². The fraction of sp³-hybridized carbons (Fsp3) is 0.0833. The molecule has 19 heavy (non-hydrogen) atoms. The van der Waals surface area contributed by atoms with Crippen molar-refractivity contribution in [2.75, 3.05) is 4.72 Å². The first-order chi connectivity index (χ1) is 8.88. The Hall–Kier alpha value is -1.47. The first kappa shape index (κ1) is 14.0. The summed E-state index contributed by atoms with van der Waals surface area (Å²) in [6.45, 7) is 1.89. The highest BCUT2D eigenvalue weighted by molar-refractivity contribution is 9.10. The summed E-state index contributed by atoms with van der Waals surface area (Å²) in [4.78, 5) is 3.30. The number of rotatable bonds is 3. The number of pyridine rings is 1. The molecule has 0 saturated heterocycles. The molecule has 2 aromatic rings. The van der Waals surface area contributed by atoms with Crippen molar-refractivity contribution < 1.29 is 12.8 Å². The lowest BCUT2D eigenvalue weighted by molar-refractivity contribution is 0.592. The summed E-state index contributed by atoms with van der Waals surface area (Å²) in [5, 5.41) is 0. The molecule has 0 amide bonds. The van der Waals surface area contributed by atoms with Crippen LogP contribution >= 0.6 is 15.9 Å². The Balaban J connectivity index is 2.36. The second kappa shape index (κ2) is 5.26. The second-order valence-electron chi connectivity index (χ2n) is 3.93. The largest absolute Gasteiger partial charge is 0.278 e. The third kappa shape index (κ3) is 3.30. The van der Waals surface area contributed by atoms with Crippen molar-refractivity contribution in [3.8, 4) is 0 Å². The molecule has 0 aliphatic carbocycles. The Morgan fingerprint density at radius 2 is 2.00 bits per heavy atom. The molecule has 2 rings (SSSR count). The van der Waals surface area contributed by atoms with Crippen molar-refractivity contribution in [1.82, 2.24) is 4.98 Å². The first-order valence-electron chi connectivity index (χ1n) is 5.28. The lowest BCUT2D eigenvalue weighted by Crippen LogP contribution is -2.13. The highest BCUT2D eigenvalue weighted by Crippen LogP contribution is 2.25. The SMILES string of the molecule is Cc1ccc(NS(=O)(=O)c2cncc(F)c2)c(Br)c1. The average Bonchev–Trinajstić information content (AvgIpc) is 2.33. The highest BCUT2D eigenvalue weighted by Gasteiger charge is 2.16. The predicted molar refractivity (Wildman–Crippen MR) is 73.9 cm³/mol. The van der Waals surface area contributed by atoms with Gasteiger partial charge < -0.3 is 0 Å². The van der Waals surface area contributed by atoms with E-state index in [2.05, 4.69) is 25.6 Å². The van der Waals surface area contributed by atoms with E-state index in [9.17, 15) is 12.8 Å². The van der Waals surface area contributed by atoms with Gasteiger partial charge in [-0.15, -0.1) is 0 Å². The molecule has 7 heteroatoms. The first-order valence-corrected chi connectivity index (χ1v) is 7.55. The molecule has 1 N–H and O–H groups in total. The smallest absolute Gasteiger partial charge is 0.263 e. The van der Waals surface area contributed by atoms with Crippen molar-refractivity contribution in [3.63, 3.8) is 0 Å². The van der Waals surface area contributed by atoms with Gasteiger partial charge >= 0.3 is 0 Å². The fourth-order valence-corrected chi connectivity index (χ4v) is 3.22. The van der Waals surface area contributed by atoms with Gasteiger partial charge in [0.25, 0.3) is 10.0 Å². The van der Waals surface area contributed by atoms with Crippen LogP contribution in [-0.4, -0.2) is 13.4 Å². The molecule has 0 aliphatic heterocycles. The number of halogens is 2. The lowest BCUT2D eigenvalue weighted by atomic mass is 10.2. The average molecular weight is 345 g/mol. The zero-order valence-electron chi connectivity index (χ0n) is 9.89. The van der Waals surface area contributed by atoms with E-state index in [4.69, 9.17) is 0 Å². The summed E-state index contributed by atoms with van der Waals surface area (Å²) in [7, 11) is -3.85. The van der Waals surface area contributed by atoms with E-state index >= 15 is 0 Å². The van der Waals surface area contributed by atoms with Crippen molar-refractivity contribution >= 4 is 31.6 Å². The minimum Gasteiger partial charge on any atom is -0.278 e. The molecule has 0 aliphatic rings. The number of aryl methyl sites for hydroxylation is 1. The number of nitrogens with zero attached hydrogens (tertiary/aromatic N) is 1. The van der Waals surface area contributed by atoms with Crippen molar-refractivity contribution in [1.29, 1.82) is 0 Å². The lowest BCUT2D eigenvalue weighted by Gasteiger charge is -2.10. The Morgan fingerprint density at radius 3 is 2.63 bits per heavy atom. The quantitative estimate of drug-likeness (QED) is 0.930. The number of anilines is 1. The van der Waals surface area contributed by atoms with Crippen molar-refractivity contribution in [2.45, 2.75) is 11.8 Å². The zero-order chi connectivity index (χ0) is 14.0. The van der Waals surface area contributed by atoms with Gasteiger partial charge in [0, 0.05) is 10.7 Å². The van der Waals surface area contributed by atoms with Crippen LogP contribution in [0.15, 0.2) is 46.0 Å². The van der Waals surface area contributed by atoms with Gasteiger partial charge in [0.05, 0.1) is 11.9 Å². The Kier molecular flexibility index (Phi) is 3.86. The molecular formula is C12H10BrFN2O2S. The number of nitrogens with one attached hydrogen (secondary N) is 1. The summed E-state index contributed by atoms with van der Waals surface area (Å²) in [5.41, 5.74) is 1.37. The molecular weight excluding hydrogens is 335 g/mol. The maximum Gasteiger partial charge on any atom is 0.263 e. The fourth-order valence-electron chi connectivity index (χ4n) is 1.45. The third-order valence-corrected chi connectivity index (χ3v) is 4.35. The number of sulfonamides is 1. The molecule has 0 unspecified atom stereocenters. The van der Waals surface area contributed by atoms with Crippen LogP contribution in [0.2, 0.25) is 0 Å². The van der Waals surface area contributed by atoms with Gasteiger partial charge in [-0.2, -0.15) is 0 Å². The standard InChI is InChI=1S/C12H10BrFN2O2S/c1-8-2-3-12(11(13)4-8)16-19(17,18)10-5-9(14)6-15-7-10/h2-7,16H,1H3. The summed E-state index contributed by atoms with van der Waals surface area (Å²) in [5.74, 6) is -0.703. The predicted octanol–water partition coefficient (Wildman–Crippen LogP) is 3.09. The summed E-state index contributed by atoms with van der Waals surface area (Å²) in [6.07, 6.45) is 2.04. The monoisotopic (exact) mass is 344 g/mol. The van der Waals surface area contributed by atoms with Crippen LogP contribution in [0.4, 0.5) is 10.1 Å². The molecule has 1 heterocycles.